The Morgan fingerprint density at radius 3 is 2.68 bits per heavy atom. The molecule has 7 N–H and O–H groups in total. The minimum absolute atomic E-state index is 0. The molecule has 181 valence electrons. The number of imidazole rings is 2. The predicted octanol–water partition coefficient (Wildman–Crippen LogP) is -2.65. The number of nitrogens with two attached hydrogens (primary N) is 1. The molecule has 3 aromatic heterocycles. The zero-order chi connectivity index (χ0) is 24.1. The average Bonchev–Trinajstić information content (AvgIpc) is 3.41. The van der Waals surface area contributed by atoms with Crippen LogP contribution in [-0.4, -0.2) is 98.3 Å². The minimum atomic E-state index is -5.11. The van der Waals surface area contributed by atoms with Crippen molar-refractivity contribution in [3.8, 4) is 0 Å². The van der Waals surface area contributed by atoms with Crippen LogP contribution >= 0.6 is 15.6 Å². The van der Waals surface area contributed by atoms with Crippen LogP contribution in [0.2, 0.25) is 0 Å². The number of aliphatic hydroxyl groups is 2. The molecule has 1 radical (unpaired) electrons. The van der Waals surface area contributed by atoms with Crippen LogP contribution in [0.25, 0.3) is 11.2 Å². The van der Waals surface area contributed by atoms with Gasteiger partial charge in [-0.25, -0.2) is 23.0 Å². The third-order valence-electron chi connectivity index (χ3n) is 4.79. The predicted molar refractivity (Wildman–Crippen MR) is 112 cm³/mol. The second-order valence-corrected chi connectivity index (χ2v) is 10.4. The largest absolute Gasteiger partial charge is 0.480 e. The number of fused-ring (bicyclic) bond motifs is 1. The maximum Gasteiger partial charge on any atom is 0.480 e. The molecule has 1 fully saturated rings. The summed E-state index contributed by atoms with van der Waals surface area (Å²) in [7, 11) is -8.37. The van der Waals surface area contributed by atoms with Gasteiger partial charge in [0.25, 0.3) is 11.5 Å². The summed E-state index contributed by atoms with van der Waals surface area (Å²) in [6.07, 6.45) is -1.33. The van der Waals surface area contributed by atoms with Crippen molar-refractivity contribution in [2.75, 3.05) is 12.3 Å². The molecular weight excluding hydrogens is 511 g/mol. The van der Waals surface area contributed by atoms with Crippen LogP contribution in [-0.2, 0) is 29.7 Å². The van der Waals surface area contributed by atoms with E-state index in [9.17, 15) is 33.9 Å². The van der Waals surface area contributed by atoms with Gasteiger partial charge in [-0.3, -0.25) is 18.9 Å². The van der Waals surface area contributed by atoms with Gasteiger partial charge in [-0.15, -0.1) is 0 Å². The van der Waals surface area contributed by atoms with Crippen LogP contribution in [0.1, 0.15) is 6.23 Å². The molecule has 0 saturated carbocycles. The van der Waals surface area contributed by atoms with Gasteiger partial charge in [-0.2, -0.15) is 4.31 Å². The molecule has 0 amide bonds. The Labute approximate surface area is 212 Å². The molecule has 1 aliphatic heterocycles. The van der Waals surface area contributed by atoms with Gasteiger partial charge >= 0.3 is 21.2 Å². The third-order valence-corrected chi connectivity index (χ3v) is 7.77. The molecule has 6 atom stereocenters. The second kappa shape index (κ2) is 9.89. The molecule has 4 heterocycles. The zero-order valence-electron chi connectivity index (χ0n) is 17.8. The van der Waals surface area contributed by atoms with Crippen LogP contribution in [0.3, 0.4) is 0 Å². The summed E-state index contributed by atoms with van der Waals surface area (Å²) in [5, 5.41) is 20.8. The average molecular weight is 531 g/mol. The molecule has 2 unspecified atom stereocenters. The van der Waals surface area contributed by atoms with Crippen molar-refractivity contribution in [1.82, 2.24) is 23.9 Å². The first kappa shape index (κ1) is 27.1. The first-order valence-corrected chi connectivity index (χ1v) is 12.2. The van der Waals surface area contributed by atoms with E-state index in [1.807, 2.05) is 0 Å². The molecule has 1 saturated heterocycles. The van der Waals surface area contributed by atoms with Crippen molar-refractivity contribution in [2.45, 2.75) is 24.5 Å². The Hall–Kier alpha value is -1.46. The van der Waals surface area contributed by atoms with E-state index < -0.39 is 52.3 Å². The maximum atomic E-state index is 12.2. The van der Waals surface area contributed by atoms with Gasteiger partial charge < -0.3 is 30.5 Å². The van der Waals surface area contributed by atoms with Gasteiger partial charge in [0.15, 0.2) is 6.33 Å². The fourth-order valence-electron chi connectivity index (χ4n) is 3.32. The van der Waals surface area contributed by atoms with E-state index >= 15 is 0 Å². The molecule has 3 aromatic rings. The number of anilines is 1. The van der Waals surface area contributed by atoms with Crippen LogP contribution in [0.15, 0.2) is 29.8 Å². The smallest absolute Gasteiger partial charge is 0.387 e. The number of phosphoric ester groups is 1. The SMILES string of the molecule is Cn1c[n+]([C@@H]2O[C@H](COP(=O)(O)OP(=O)(O)n3ccnc3)[C@@H](O)[C@H]2O)c2nc(N)[nH]c(=O)c21.[Na]. The van der Waals surface area contributed by atoms with E-state index in [2.05, 4.69) is 19.3 Å². The standard InChI is InChI=1S/C14H19N7O10P2.Na/c1-19-6-21(11-8(19)12(24)18-14(15)17-11)13-10(23)9(22)7(30-13)4-29-33(27,28)31-32(25,26)20-3-2-16-5-20;/h2-3,5-7,9-10,13,22-23H,4H2,1H3,(H4-,15,17,18,24,25,26,27,28);/p+1/t7-,9-,10-,13-;/m1./s1. The number of hydrogen-bond donors (Lipinski definition) is 6. The summed E-state index contributed by atoms with van der Waals surface area (Å²) in [5.74, 6) is -0.190. The summed E-state index contributed by atoms with van der Waals surface area (Å²) < 4.78 is 42.1. The summed E-state index contributed by atoms with van der Waals surface area (Å²) in [6.45, 7) is -0.798. The minimum Gasteiger partial charge on any atom is -0.387 e. The summed E-state index contributed by atoms with van der Waals surface area (Å²) >= 11 is 0. The van der Waals surface area contributed by atoms with Gasteiger partial charge in [0.2, 0.25) is 11.7 Å². The van der Waals surface area contributed by atoms with Gasteiger partial charge in [0, 0.05) is 42.0 Å². The normalized spacial score (nSPS) is 26.1. The number of nitrogens with one attached hydrogen (secondary N) is 1. The third kappa shape index (κ3) is 5.21. The first-order chi connectivity index (χ1) is 15.4. The Morgan fingerprint density at radius 2 is 2.03 bits per heavy atom. The number of aromatic nitrogens is 6. The van der Waals surface area contributed by atoms with Crippen molar-refractivity contribution < 1.29 is 47.3 Å². The van der Waals surface area contributed by atoms with Crippen LogP contribution in [0.4, 0.5) is 5.95 Å². The first-order valence-electron chi connectivity index (χ1n) is 9.17. The van der Waals surface area contributed by atoms with E-state index in [0.29, 0.717) is 4.34 Å². The number of rotatable bonds is 7. The maximum absolute atomic E-state index is 12.2. The van der Waals surface area contributed by atoms with Crippen LogP contribution in [0.5, 0.6) is 0 Å². The van der Waals surface area contributed by atoms with Crippen LogP contribution < -0.4 is 15.9 Å². The van der Waals surface area contributed by atoms with Crippen molar-refractivity contribution in [3.05, 3.63) is 35.4 Å². The fourth-order valence-corrected chi connectivity index (χ4v) is 5.68. The Bertz CT molecular complexity index is 1330. The number of hydrogen-bond acceptors (Lipinski definition) is 11. The number of nitrogen functional groups attached to an aromatic ring is 1. The number of aryl methyl sites for hydroxylation is 1. The molecule has 0 spiro atoms. The second-order valence-electron chi connectivity index (χ2n) is 7.08. The zero-order valence-corrected chi connectivity index (χ0v) is 21.6. The topological polar surface area (TPSA) is 241 Å². The molecule has 4 rings (SSSR count). The van der Waals surface area contributed by atoms with E-state index in [1.165, 1.54) is 22.5 Å². The van der Waals surface area contributed by atoms with Gasteiger partial charge in [-0.05, 0) is 0 Å². The van der Waals surface area contributed by atoms with Gasteiger partial charge in [-0.1, -0.05) is 4.98 Å². The van der Waals surface area contributed by atoms with E-state index in [0.717, 1.165) is 18.7 Å². The quantitative estimate of drug-likeness (QED) is 0.104. The number of H-pyrrole nitrogens is 1. The van der Waals surface area contributed by atoms with Crippen LogP contribution in [0, 0.1) is 0 Å². The number of phosphoric acid groups is 1. The summed E-state index contributed by atoms with van der Waals surface area (Å²) in [4.78, 5) is 41.7. The Morgan fingerprint density at radius 1 is 1.32 bits per heavy atom. The fraction of sp³-hybridized carbons (Fsp3) is 0.429. The number of nitrogens with zero attached hydrogens (tertiary/aromatic N) is 5. The number of aromatic amines is 1. The van der Waals surface area contributed by atoms with Crippen molar-refractivity contribution in [1.29, 1.82) is 0 Å². The van der Waals surface area contributed by atoms with E-state index in [-0.39, 0.29) is 46.7 Å². The Kier molecular flexibility index (Phi) is 7.89. The summed E-state index contributed by atoms with van der Waals surface area (Å²) in [5.41, 5.74) is 5.21. The molecule has 0 bridgehead atoms. The molecule has 0 aromatic carbocycles. The monoisotopic (exact) mass is 531 g/mol. The molecule has 0 aliphatic carbocycles. The van der Waals surface area contributed by atoms with Gasteiger partial charge in [0.1, 0.15) is 24.6 Å². The summed E-state index contributed by atoms with van der Waals surface area (Å²) in [6, 6.07) is 0. The van der Waals surface area contributed by atoms with E-state index in [4.69, 9.17) is 15.0 Å². The van der Waals surface area contributed by atoms with Gasteiger partial charge in [0.05, 0.1) is 13.7 Å². The van der Waals surface area contributed by atoms with Crippen molar-refractivity contribution in [2.24, 2.45) is 7.05 Å². The van der Waals surface area contributed by atoms with Crippen molar-refractivity contribution in [3.63, 3.8) is 0 Å². The molecule has 20 heteroatoms. The molecule has 1 aliphatic rings. The molecule has 17 nitrogen and oxygen atoms in total. The molecular formula is C14H20N7NaO10P2+. The number of ether oxygens (including phenoxy) is 1. The van der Waals surface area contributed by atoms with E-state index in [1.54, 1.807) is 0 Å². The number of aliphatic hydroxyl groups excluding tert-OH is 2. The van der Waals surface area contributed by atoms with Crippen molar-refractivity contribution >= 4 is 62.2 Å². The molecule has 34 heavy (non-hydrogen) atoms. The Balaban J connectivity index is 0.00000324.